The first-order valence-corrected chi connectivity index (χ1v) is 6.00. The topological polar surface area (TPSA) is 69.8 Å². The summed E-state index contributed by atoms with van der Waals surface area (Å²) in [4.78, 5) is 15.6. The van der Waals surface area contributed by atoms with Crippen LogP contribution in [0.15, 0.2) is 24.3 Å². The van der Waals surface area contributed by atoms with Crippen LogP contribution in [0.1, 0.15) is 6.42 Å². The summed E-state index contributed by atoms with van der Waals surface area (Å²) in [6, 6.07) is 7.07. The second kappa shape index (κ2) is 4.86. The fourth-order valence-corrected chi connectivity index (χ4v) is 2.30. The van der Waals surface area contributed by atoms with E-state index in [1.165, 1.54) is 0 Å². The smallest absolute Gasteiger partial charge is 0.244 e. The maximum Gasteiger partial charge on any atom is 0.244 e. The van der Waals surface area contributed by atoms with Gasteiger partial charge in [-0.1, -0.05) is 0 Å². The average Bonchev–Trinajstić information content (AvgIpc) is 2.71. The molecule has 2 atom stereocenters. The summed E-state index contributed by atoms with van der Waals surface area (Å²) in [6.07, 6.45) is 0.0120. The summed E-state index contributed by atoms with van der Waals surface area (Å²) in [5, 5.41) is 9.78. The number of carbonyl (C=O) groups excluding carboxylic acids is 1. The molecule has 0 saturated carbocycles. The lowest BCUT2D eigenvalue weighted by Crippen LogP contribution is -2.42. The van der Waals surface area contributed by atoms with E-state index in [1.54, 1.807) is 31.1 Å². The summed E-state index contributed by atoms with van der Waals surface area (Å²) in [7, 11) is 3.46. The Labute approximate surface area is 107 Å². The van der Waals surface area contributed by atoms with Crippen molar-refractivity contribution in [3.8, 4) is 0 Å². The summed E-state index contributed by atoms with van der Waals surface area (Å²) >= 11 is 0. The van der Waals surface area contributed by atoms with Gasteiger partial charge in [0.05, 0.1) is 6.10 Å². The Bertz CT molecular complexity index is 430. The predicted molar refractivity (Wildman–Crippen MR) is 71.3 cm³/mol. The number of rotatable bonds is 2. The van der Waals surface area contributed by atoms with Gasteiger partial charge in [-0.05, 0) is 24.3 Å². The van der Waals surface area contributed by atoms with Gasteiger partial charge in [0.2, 0.25) is 5.91 Å². The summed E-state index contributed by atoms with van der Waals surface area (Å²) in [5.41, 5.74) is 7.26. The number of benzene rings is 1. The van der Waals surface area contributed by atoms with Crippen molar-refractivity contribution < 1.29 is 9.90 Å². The molecule has 0 bridgehead atoms. The first-order valence-electron chi connectivity index (χ1n) is 6.00. The van der Waals surface area contributed by atoms with Crippen molar-refractivity contribution in [3.05, 3.63) is 24.3 Å². The number of hydrogen-bond donors (Lipinski definition) is 2. The minimum atomic E-state index is -0.462. The highest BCUT2D eigenvalue weighted by atomic mass is 16.3. The molecule has 1 aromatic carbocycles. The second-order valence-corrected chi connectivity index (χ2v) is 4.88. The molecule has 5 heteroatoms. The monoisotopic (exact) mass is 249 g/mol. The molecule has 1 aliphatic heterocycles. The molecule has 3 N–H and O–H groups in total. The van der Waals surface area contributed by atoms with Crippen LogP contribution in [0.3, 0.4) is 0 Å². The molecular formula is C13H19N3O2. The number of β-amino-alcohol motifs (C(OH)–C–C–N with tert-alkyl or cyclic N) is 1. The van der Waals surface area contributed by atoms with Crippen molar-refractivity contribution in [1.82, 2.24) is 4.90 Å². The van der Waals surface area contributed by atoms with Gasteiger partial charge in [-0.25, -0.2) is 0 Å². The minimum absolute atomic E-state index is 0.0170. The van der Waals surface area contributed by atoms with Crippen LogP contribution < -0.4 is 10.6 Å². The van der Waals surface area contributed by atoms with Crippen molar-refractivity contribution in [1.29, 1.82) is 0 Å². The number of aliphatic hydroxyl groups is 1. The van der Waals surface area contributed by atoms with Gasteiger partial charge in [-0.2, -0.15) is 0 Å². The van der Waals surface area contributed by atoms with Crippen LogP contribution >= 0.6 is 0 Å². The number of nitrogens with two attached hydrogens (primary N) is 1. The number of likely N-dealkylation sites (N-methyl/N-ethyl adjacent to an activating group) is 1. The molecule has 1 aromatic rings. The number of aliphatic hydroxyl groups excluding tert-OH is 1. The Balaban J connectivity index is 2.24. The normalized spacial score (nSPS) is 23.2. The molecule has 0 spiro atoms. The molecule has 1 amide bonds. The van der Waals surface area contributed by atoms with Gasteiger partial charge in [0.25, 0.3) is 0 Å². The summed E-state index contributed by atoms with van der Waals surface area (Å²) < 4.78 is 0. The number of amides is 1. The van der Waals surface area contributed by atoms with Crippen molar-refractivity contribution in [2.24, 2.45) is 0 Å². The van der Waals surface area contributed by atoms with E-state index in [-0.39, 0.29) is 11.9 Å². The molecule has 1 heterocycles. The van der Waals surface area contributed by atoms with E-state index in [2.05, 4.69) is 0 Å². The minimum Gasteiger partial charge on any atom is -0.399 e. The van der Waals surface area contributed by atoms with Gasteiger partial charge in [0, 0.05) is 38.4 Å². The number of nitrogen functional groups attached to an aromatic ring is 1. The highest BCUT2D eigenvalue weighted by molar-refractivity contribution is 5.85. The molecule has 1 saturated heterocycles. The van der Waals surface area contributed by atoms with Gasteiger partial charge >= 0.3 is 0 Å². The van der Waals surface area contributed by atoms with E-state index in [0.29, 0.717) is 18.7 Å². The van der Waals surface area contributed by atoms with E-state index in [9.17, 15) is 9.90 Å². The molecule has 18 heavy (non-hydrogen) atoms. The Kier molecular flexibility index (Phi) is 3.43. The first-order chi connectivity index (χ1) is 8.49. The SMILES string of the molecule is CN(C)C(=O)C1CC(O)CN1c1ccc(N)cc1. The Morgan fingerprint density at radius 3 is 2.56 bits per heavy atom. The zero-order valence-electron chi connectivity index (χ0n) is 10.7. The largest absolute Gasteiger partial charge is 0.399 e. The molecule has 0 aromatic heterocycles. The van der Waals surface area contributed by atoms with E-state index in [1.807, 2.05) is 17.0 Å². The molecule has 2 rings (SSSR count). The van der Waals surface area contributed by atoms with Gasteiger partial charge in [-0.15, -0.1) is 0 Å². The quantitative estimate of drug-likeness (QED) is 0.739. The zero-order valence-corrected chi connectivity index (χ0v) is 10.7. The highest BCUT2D eigenvalue weighted by Gasteiger charge is 2.36. The highest BCUT2D eigenvalue weighted by Crippen LogP contribution is 2.27. The maximum atomic E-state index is 12.1. The summed E-state index contributed by atoms with van der Waals surface area (Å²) in [5.74, 6) is 0.0170. The lowest BCUT2D eigenvalue weighted by Gasteiger charge is -2.27. The second-order valence-electron chi connectivity index (χ2n) is 4.88. The van der Waals surface area contributed by atoms with E-state index < -0.39 is 6.10 Å². The Morgan fingerprint density at radius 1 is 1.39 bits per heavy atom. The Morgan fingerprint density at radius 2 is 2.00 bits per heavy atom. The third-order valence-corrected chi connectivity index (χ3v) is 3.23. The van der Waals surface area contributed by atoms with Crippen LogP contribution in [0.25, 0.3) is 0 Å². The standard InChI is InChI=1S/C13H19N3O2/c1-15(2)13(18)12-7-11(17)8-16(12)10-5-3-9(14)4-6-10/h3-6,11-12,17H,7-8,14H2,1-2H3. The van der Waals surface area contributed by atoms with Crippen LogP contribution in [0, 0.1) is 0 Å². The summed E-state index contributed by atoms with van der Waals surface area (Å²) in [6.45, 7) is 0.480. The van der Waals surface area contributed by atoms with Gasteiger partial charge < -0.3 is 20.6 Å². The predicted octanol–water partition coefficient (Wildman–Crippen LogP) is 0.297. The van der Waals surface area contributed by atoms with Crippen LogP contribution in [-0.4, -0.2) is 48.7 Å². The molecule has 1 aliphatic rings. The number of hydrogen-bond acceptors (Lipinski definition) is 4. The third kappa shape index (κ3) is 2.41. The number of nitrogens with zero attached hydrogens (tertiary/aromatic N) is 2. The van der Waals surface area contributed by atoms with Crippen molar-refractivity contribution in [2.75, 3.05) is 31.3 Å². The molecule has 2 unspecified atom stereocenters. The molecule has 0 radical (unpaired) electrons. The van der Waals surface area contributed by atoms with E-state index in [0.717, 1.165) is 5.69 Å². The van der Waals surface area contributed by atoms with Gasteiger partial charge in [0.15, 0.2) is 0 Å². The van der Waals surface area contributed by atoms with Crippen molar-refractivity contribution in [2.45, 2.75) is 18.6 Å². The fraction of sp³-hybridized carbons (Fsp3) is 0.462. The number of carbonyl (C=O) groups is 1. The Hall–Kier alpha value is -1.75. The molecule has 5 nitrogen and oxygen atoms in total. The number of anilines is 2. The molecule has 1 fully saturated rings. The van der Waals surface area contributed by atoms with E-state index >= 15 is 0 Å². The molecule has 98 valence electrons. The van der Waals surface area contributed by atoms with Crippen LogP contribution in [0.2, 0.25) is 0 Å². The fourth-order valence-electron chi connectivity index (χ4n) is 2.30. The zero-order chi connectivity index (χ0) is 13.3. The van der Waals surface area contributed by atoms with Crippen molar-refractivity contribution in [3.63, 3.8) is 0 Å². The lowest BCUT2D eigenvalue weighted by atomic mass is 10.1. The lowest BCUT2D eigenvalue weighted by molar-refractivity contribution is -0.130. The van der Waals surface area contributed by atoms with Gasteiger partial charge in [-0.3, -0.25) is 4.79 Å². The molecular weight excluding hydrogens is 230 g/mol. The van der Waals surface area contributed by atoms with Crippen LogP contribution in [-0.2, 0) is 4.79 Å². The maximum absolute atomic E-state index is 12.1. The van der Waals surface area contributed by atoms with E-state index in [4.69, 9.17) is 5.73 Å². The first kappa shape index (κ1) is 12.7. The average molecular weight is 249 g/mol. The van der Waals surface area contributed by atoms with Crippen LogP contribution in [0.5, 0.6) is 0 Å². The third-order valence-electron chi connectivity index (χ3n) is 3.23. The van der Waals surface area contributed by atoms with Gasteiger partial charge in [0.1, 0.15) is 6.04 Å². The van der Waals surface area contributed by atoms with Crippen molar-refractivity contribution >= 4 is 17.3 Å². The van der Waals surface area contributed by atoms with Crippen LogP contribution in [0.4, 0.5) is 11.4 Å². The molecule has 0 aliphatic carbocycles.